The predicted octanol–water partition coefficient (Wildman–Crippen LogP) is 10.5. The highest BCUT2D eigenvalue weighted by Crippen LogP contribution is 2.36. The summed E-state index contributed by atoms with van der Waals surface area (Å²) in [5.41, 5.74) is 0. The Balaban J connectivity index is 4.18. The lowest BCUT2D eigenvalue weighted by Crippen LogP contribution is -2.30. The summed E-state index contributed by atoms with van der Waals surface area (Å²) in [6.45, 7) is 3.31. The molecule has 312 valence electrons. The number of aliphatic hydroxyl groups excluding tert-OH is 2. The van der Waals surface area contributed by atoms with Crippen molar-refractivity contribution in [2.45, 2.75) is 186 Å². The average molecular weight is 783 g/mol. The van der Waals surface area contributed by atoms with Gasteiger partial charge in [0.25, 0.3) is 0 Å². The van der Waals surface area contributed by atoms with Crippen LogP contribution in [-0.2, 0) is 28.2 Å². The molecular weight excluding hydrogens is 707 g/mol. The second-order valence-electron chi connectivity index (χ2n) is 13.9. The molecule has 0 aliphatic heterocycles. The summed E-state index contributed by atoms with van der Waals surface area (Å²) < 4.78 is 26.2. The number of hydrogen-bond acceptors (Lipinski definition) is 8. The maximum absolute atomic E-state index is 12.4. The van der Waals surface area contributed by atoms with Gasteiger partial charge in [-0.2, -0.15) is 0 Å². The Morgan fingerprint density at radius 3 is 1.63 bits per heavy atom. The van der Waals surface area contributed by atoms with Gasteiger partial charge in [-0.05, 0) is 77.0 Å². The summed E-state index contributed by atoms with van der Waals surface area (Å²) in [6, 6.07) is 0. The van der Waals surface area contributed by atoms with E-state index in [0.29, 0.717) is 6.42 Å². The van der Waals surface area contributed by atoms with E-state index in [1.165, 1.54) is 64.2 Å². The van der Waals surface area contributed by atoms with Crippen LogP contribution in [0.5, 0.6) is 0 Å². The molecule has 0 aromatic heterocycles. The average Bonchev–Trinajstić information content (AvgIpc) is 3.13. The minimum Gasteiger partial charge on any atom is -0.462 e. The zero-order valence-electron chi connectivity index (χ0n) is 33.6. The van der Waals surface area contributed by atoms with E-state index < -0.39 is 51.3 Å². The topological polar surface area (TPSA) is 160 Å². The first-order valence-electron chi connectivity index (χ1n) is 20.7. The van der Waals surface area contributed by atoms with Crippen LogP contribution in [0.2, 0.25) is 0 Å². The molecule has 4 N–H and O–H groups in total. The number of carbonyl (C=O) groups excluding carboxylic acids is 2. The molecular formula is C43H75O10P. The fourth-order valence-corrected chi connectivity index (χ4v) is 5.87. The van der Waals surface area contributed by atoms with Crippen molar-refractivity contribution >= 4 is 19.8 Å². The highest BCUT2D eigenvalue weighted by molar-refractivity contribution is 7.46. The number of rotatable bonds is 37. The third-order valence-corrected chi connectivity index (χ3v) is 9.21. The number of esters is 2. The summed E-state index contributed by atoms with van der Waals surface area (Å²) in [6.07, 6.45) is 39.7. The van der Waals surface area contributed by atoms with Gasteiger partial charge >= 0.3 is 19.8 Å². The highest BCUT2D eigenvalue weighted by Gasteiger charge is 2.23. The smallest absolute Gasteiger partial charge is 0.462 e. The van der Waals surface area contributed by atoms with Gasteiger partial charge in [-0.15, -0.1) is 0 Å². The number of allylic oxidation sites excluding steroid dienone is 9. The lowest BCUT2D eigenvalue weighted by Gasteiger charge is -2.19. The van der Waals surface area contributed by atoms with Gasteiger partial charge in [-0.25, -0.2) is 4.57 Å². The Kier molecular flexibility index (Phi) is 36.0. The van der Waals surface area contributed by atoms with E-state index >= 15 is 0 Å². The molecule has 0 saturated heterocycles. The van der Waals surface area contributed by atoms with Crippen molar-refractivity contribution in [2.24, 2.45) is 0 Å². The molecule has 0 spiro atoms. The van der Waals surface area contributed by atoms with Crippen molar-refractivity contribution in [2.75, 3.05) is 13.2 Å². The largest absolute Gasteiger partial charge is 0.469 e. The molecule has 10 nitrogen and oxygen atoms in total. The molecule has 0 radical (unpaired) electrons. The van der Waals surface area contributed by atoms with Gasteiger partial charge in [-0.3, -0.25) is 14.1 Å². The van der Waals surface area contributed by atoms with Crippen LogP contribution in [0.15, 0.2) is 60.8 Å². The monoisotopic (exact) mass is 783 g/mol. The number of phosphoric acid groups is 1. The van der Waals surface area contributed by atoms with Gasteiger partial charge in [0.15, 0.2) is 6.10 Å². The number of hydrogen-bond donors (Lipinski definition) is 4. The quantitative estimate of drug-likeness (QED) is 0.0207. The second-order valence-corrected chi connectivity index (χ2v) is 15.1. The Morgan fingerprint density at radius 2 is 1.07 bits per heavy atom. The molecule has 0 amide bonds. The Bertz CT molecular complexity index is 1090. The zero-order chi connectivity index (χ0) is 40.0. The van der Waals surface area contributed by atoms with Crippen molar-refractivity contribution in [3.05, 3.63) is 60.8 Å². The lowest BCUT2D eigenvalue weighted by atomic mass is 10.0. The van der Waals surface area contributed by atoms with E-state index in [4.69, 9.17) is 19.3 Å². The van der Waals surface area contributed by atoms with Crippen molar-refractivity contribution in [3.8, 4) is 0 Å². The van der Waals surface area contributed by atoms with Crippen LogP contribution < -0.4 is 0 Å². The molecule has 0 heterocycles. The van der Waals surface area contributed by atoms with Crippen LogP contribution in [0.3, 0.4) is 0 Å². The molecule has 0 aromatic rings. The van der Waals surface area contributed by atoms with E-state index in [1.54, 1.807) is 0 Å². The summed E-state index contributed by atoms with van der Waals surface area (Å²) in [5, 5.41) is 20.6. The van der Waals surface area contributed by atoms with Crippen LogP contribution in [0, 0.1) is 0 Å². The molecule has 0 fully saturated rings. The SMILES string of the molecule is CC/C=C\C/C=C\C/C=C\C/C=C\C[C@@H](O)[C@H](O)CCCC(=O)O[C@H](COC(=O)CCCCCCCCC/C=C\CCCCCCCC)COP(=O)(O)O. The molecule has 0 aromatic carbocycles. The Labute approximate surface area is 327 Å². The summed E-state index contributed by atoms with van der Waals surface area (Å²) in [5.74, 6) is -1.18. The zero-order valence-corrected chi connectivity index (χ0v) is 34.5. The van der Waals surface area contributed by atoms with E-state index in [1.807, 2.05) is 18.2 Å². The Morgan fingerprint density at radius 1 is 0.574 bits per heavy atom. The summed E-state index contributed by atoms with van der Waals surface area (Å²) in [7, 11) is -4.84. The number of aliphatic hydroxyl groups is 2. The van der Waals surface area contributed by atoms with Crippen molar-refractivity contribution in [3.63, 3.8) is 0 Å². The van der Waals surface area contributed by atoms with Crippen LogP contribution >= 0.6 is 7.82 Å². The summed E-state index contributed by atoms with van der Waals surface area (Å²) >= 11 is 0. The van der Waals surface area contributed by atoms with Crippen LogP contribution in [-0.4, -0.2) is 63.5 Å². The van der Waals surface area contributed by atoms with Gasteiger partial charge in [0, 0.05) is 12.8 Å². The third-order valence-electron chi connectivity index (χ3n) is 8.72. The van der Waals surface area contributed by atoms with E-state index in [-0.39, 0.29) is 32.1 Å². The van der Waals surface area contributed by atoms with Crippen LogP contribution in [0.4, 0.5) is 0 Å². The van der Waals surface area contributed by atoms with E-state index in [9.17, 15) is 24.4 Å². The molecule has 0 rings (SSSR count). The molecule has 54 heavy (non-hydrogen) atoms. The minimum absolute atomic E-state index is 0.107. The highest BCUT2D eigenvalue weighted by atomic mass is 31.2. The Hall–Kier alpha value is -2.33. The van der Waals surface area contributed by atoms with Gasteiger partial charge in [0.05, 0.1) is 18.8 Å². The molecule has 0 bridgehead atoms. The first-order chi connectivity index (χ1) is 26.1. The van der Waals surface area contributed by atoms with Crippen molar-refractivity contribution in [1.82, 2.24) is 0 Å². The lowest BCUT2D eigenvalue weighted by molar-refractivity contribution is -0.161. The summed E-state index contributed by atoms with van der Waals surface area (Å²) in [4.78, 5) is 42.9. The fraction of sp³-hybridized carbons (Fsp3) is 0.721. The van der Waals surface area contributed by atoms with Gasteiger partial charge < -0.3 is 29.5 Å². The van der Waals surface area contributed by atoms with Gasteiger partial charge in [-0.1, -0.05) is 139 Å². The fourth-order valence-electron chi connectivity index (χ4n) is 5.51. The number of ether oxygens (including phenoxy) is 2. The standard InChI is InChI=1S/C43H75O10P/c1-3-5-7-9-11-13-15-17-18-19-20-21-23-25-27-29-31-35-42(46)51-37-39(38-52-54(48,49)50)53-43(47)36-32-34-41(45)40(44)33-30-28-26-24-22-16-14-12-10-8-6-4-2/h6,8,12,14,17-18,22,24,28,30,39-41,44-45H,3-5,7,9-11,13,15-16,19-21,23,25-27,29,31-38H2,1-2H3,(H2,48,49,50)/b8-6-,14-12-,18-17-,24-22-,30-28-/t39-,40-,41-/m1/s1. The first-order valence-corrected chi connectivity index (χ1v) is 22.3. The number of carbonyl (C=O) groups is 2. The van der Waals surface area contributed by atoms with Gasteiger partial charge in [0.2, 0.25) is 0 Å². The molecule has 0 aliphatic carbocycles. The molecule has 3 atom stereocenters. The molecule has 0 saturated carbocycles. The van der Waals surface area contributed by atoms with Crippen LogP contribution in [0.25, 0.3) is 0 Å². The number of unbranched alkanes of at least 4 members (excludes halogenated alkanes) is 13. The van der Waals surface area contributed by atoms with E-state index in [2.05, 4.69) is 60.9 Å². The molecule has 11 heteroatoms. The maximum atomic E-state index is 12.4. The maximum Gasteiger partial charge on any atom is 0.469 e. The first kappa shape index (κ1) is 51.7. The minimum atomic E-state index is -4.84. The molecule has 0 unspecified atom stereocenters. The number of phosphoric ester groups is 1. The van der Waals surface area contributed by atoms with Crippen molar-refractivity contribution < 1.29 is 48.2 Å². The second kappa shape index (κ2) is 37.6. The van der Waals surface area contributed by atoms with E-state index in [0.717, 1.165) is 51.4 Å². The van der Waals surface area contributed by atoms with Gasteiger partial charge in [0.1, 0.15) is 6.61 Å². The third kappa shape index (κ3) is 38.0. The normalized spacial score (nSPS) is 14.3. The van der Waals surface area contributed by atoms with Crippen molar-refractivity contribution in [1.29, 1.82) is 0 Å². The predicted molar refractivity (Wildman–Crippen MR) is 219 cm³/mol. The molecule has 0 aliphatic rings. The van der Waals surface area contributed by atoms with Crippen LogP contribution in [0.1, 0.15) is 168 Å².